The fourth-order valence-electron chi connectivity index (χ4n) is 0.969. The molecule has 0 aliphatic carbocycles. The maximum atomic E-state index is 11.3. The number of carbonyl (C=O) groups excluding carboxylic acids is 1. The lowest BCUT2D eigenvalue weighted by Gasteiger charge is -2.12. The number of carbonyl (C=O) groups is 1. The van der Waals surface area contributed by atoms with Crippen LogP contribution >= 0.6 is 23.2 Å². The van der Waals surface area contributed by atoms with Crippen molar-refractivity contribution in [3.8, 4) is 0 Å². The molecule has 0 spiro atoms. The summed E-state index contributed by atoms with van der Waals surface area (Å²) >= 11 is 11.8. The van der Waals surface area contributed by atoms with Gasteiger partial charge in [-0.1, -0.05) is 29.3 Å². The van der Waals surface area contributed by atoms with Gasteiger partial charge in [0.1, 0.15) is 0 Å². The van der Waals surface area contributed by atoms with E-state index in [2.05, 4.69) is 5.32 Å². The van der Waals surface area contributed by atoms with Crippen molar-refractivity contribution in [1.29, 1.82) is 0 Å². The summed E-state index contributed by atoms with van der Waals surface area (Å²) in [5.74, 6) is -0.0222. The van der Waals surface area contributed by atoms with Gasteiger partial charge in [0, 0.05) is 14.1 Å². The molecule has 3 nitrogen and oxygen atoms in total. The van der Waals surface area contributed by atoms with Gasteiger partial charge in [-0.25, -0.2) is 0 Å². The van der Waals surface area contributed by atoms with Crippen LogP contribution in [0.3, 0.4) is 0 Å². The molecular formula is C10H12Cl2N2O. The van der Waals surface area contributed by atoms with Crippen LogP contribution in [0.1, 0.15) is 0 Å². The van der Waals surface area contributed by atoms with Crippen molar-refractivity contribution in [3.63, 3.8) is 0 Å². The van der Waals surface area contributed by atoms with Crippen LogP contribution in [0.4, 0.5) is 5.69 Å². The molecule has 0 aliphatic rings. The lowest BCUT2D eigenvalue weighted by molar-refractivity contribution is -0.126. The molecule has 1 aromatic carbocycles. The molecule has 0 radical (unpaired) electrons. The van der Waals surface area contributed by atoms with Crippen molar-refractivity contribution in [3.05, 3.63) is 28.2 Å². The summed E-state index contributed by atoms with van der Waals surface area (Å²) in [7, 11) is 3.40. The molecule has 0 atom stereocenters. The number of hydrogen-bond acceptors (Lipinski definition) is 2. The average molecular weight is 247 g/mol. The topological polar surface area (TPSA) is 32.3 Å². The average Bonchev–Trinajstić information content (AvgIpc) is 2.19. The summed E-state index contributed by atoms with van der Waals surface area (Å²) in [5.41, 5.74) is 0.666. The Morgan fingerprint density at radius 1 is 1.40 bits per heavy atom. The summed E-state index contributed by atoms with van der Waals surface area (Å²) in [4.78, 5) is 12.8. The highest BCUT2D eigenvalue weighted by atomic mass is 35.5. The van der Waals surface area contributed by atoms with Crippen molar-refractivity contribution in [2.75, 3.05) is 26.0 Å². The van der Waals surface area contributed by atoms with E-state index in [0.717, 1.165) is 0 Å². The Bertz CT molecular complexity index is 366. The van der Waals surface area contributed by atoms with E-state index in [1.54, 1.807) is 32.3 Å². The van der Waals surface area contributed by atoms with Gasteiger partial charge in [0.05, 0.1) is 22.3 Å². The summed E-state index contributed by atoms with van der Waals surface area (Å²) in [6.45, 7) is 0.201. The molecule has 82 valence electrons. The molecule has 0 bridgehead atoms. The first-order chi connectivity index (χ1) is 7.02. The quantitative estimate of drug-likeness (QED) is 0.889. The zero-order chi connectivity index (χ0) is 11.4. The normalized spacial score (nSPS) is 9.87. The minimum Gasteiger partial charge on any atom is -0.375 e. The Labute approximate surface area is 99.0 Å². The molecular weight excluding hydrogens is 235 g/mol. The van der Waals surface area contributed by atoms with Crippen LogP contribution in [0.5, 0.6) is 0 Å². The third-order valence-corrected chi connectivity index (χ3v) is 2.70. The third-order valence-electron chi connectivity index (χ3n) is 1.88. The first kappa shape index (κ1) is 12.1. The van der Waals surface area contributed by atoms with Gasteiger partial charge in [-0.2, -0.15) is 0 Å². The molecule has 0 aliphatic heterocycles. The lowest BCUT2D eigenvalue weighted by Crippen LogP contribution is -2.28. The number of hydrogen-bond donors (Lipinski definition) is 1. The second-order valence-corrected chi connectivity index (χ2v) is 4.03. The molecule has 0 fully saturated rings. The maximum absolute atomic E-state index is 11.3. The predicted octanol–water partition coefficient (Wildman–Crippen LogP) is 2.49. The van der Waals surface area contributed by atoms with Crippen molar-refractivity contribution >= 4 is 34.8 Å². The van der Waals surface area contributed by atoms with Crippen molar-refractivity contribution in [1.82, 2.24) is 4.90 Å². The number of amides is 1. The fourth-order valence-corrected chi connectivity index (χ4v) is 1.34. The summed E-state index contributed by atoms with van der Waals surface area (Å²) in [6, 6.07) is 5.25. The van der Waals surface area contributed by atoms with E-state index in [0.29, 0.717) is 15.7 Å². The maximum Gasteiger partial charge on any atom is 0.241 e. The Kier molecular flexibility index (Phi) is 4.24. The van der Waals surface area contributed by atoms with Gasteiger partial charge in [-0.15, -0.1) is 0 Å². The van der Waals surface area contributed by atoms with Crippen molar-refractivity contribution in [2.24, 2.45) is 0 Å². The van der Waals surface area contributed by atoms with Gasteiger partial charge in [-0.3, -0.25) is 4.79 Å². The summed E-state index contributed by atoms with van der Waals surface area (Å²) < 4.78 is 0. The molecule has 1 aromatic rings. The second kappa shape index (κ2) is 5.24. The van der Waals surface area contributed by atoms with Crippen LogP contribution in [-0.2, 0) is 4.79 Å². The molecule has 0 unspecified atom stereocenters. The van der Waals surface area contributed by atoms with Crippen LogP contribution in [0, 0.1) is 0 Å². The largest absolute Gasteiger partial charge is 0.375 e. The van der Waals surface area contributed by atoms with Crippen LogP contribution < -0.4 is 5.32 Å². The van der Waals surface area contributed by atoms with Gasteiger partial charge in [0.15, 0.2) is 0 Å². The van der Waals surface area contributed by atoms with Gasteiger partial charge >= 0.3 is 0 Å². The molecule has 0 aromatic heterocycles. The smallest absolute Gasteiger partial charge is 0.241 e. The van der Waals surface area contributed by atoms with E-state index in [4.69, 9.17) is 23.2 Å². The first-order valence-electron chi connectivity index (χ1n) is 4.40. The number of benzene rings is 1. The minimum absolute atomic E-state index is 0.0222. The monoisotopic (exact) mass is 246 g/mol. The molecule has 0 saturated heterocycles. The van der Waals surface area contributed by atoms with Gasteiger partial charge in [-0.05, 0) is 12.1 Å². The number of nitrogens with one attached hydrogen (secondary N) is 1. The minimum atomic E-state index is -0.0222. The number of rotatable bonds is 3. The van der Waals surface area contributed by atoms with Gasteiger partial charge in [0.2, 0.25) is 5.91 Å². The number of nitrogens with zero attached hydrogens (tertiary/aromatic N) is 1. The van der Waals surface area contributed by atoms with Crippen molar-refractivity contribution in [2.45, 2.75) is 0 Å². The standard InChI is InChI=1S/C10H12Cl2N2O/c1-14(2)9(15)6-13-8-5-3-4-7(11)10(8)12/h3-5,13H,6H2,1-2H3. The van der Waals surface area contributed by atoms with E-state index < -0.39 is 0 Å². The van der Waals surface area contributed by atoms with E-state index in [1.165, 1.54) is 4.90 Å². The molecule has 1 rings (SSSR count). The van der Waals surface area contributed by atoms with Crippen LogP contribution in [0.2, 0.25) is 10.0 Å². The molecule has 0 heterocycles. The van der Waals surface area contributed by atoms with E-state index in [-0.39, 0.29) is 12.5 Å². The van der Waals surface area contributed by atoms with Gasteiger partial charge < -0.3 is 10.2 Å². The molecule has 1 N–H and O–H groups in total. The first-order valence-corrected chi connectivity index (χ1v) is 5.16. The number of halogens is 2. The third kappa shape index (κ3) is 3.29. The van der Waals surface area contributed by atoms with Gasteiger partial charge in [0.25, 0.3) is 0 Å². The second-order valence-electron chi connectivity index (χ2n) is 3.24. The Morgan fingerprint density at radius 3 is 2.67 bits per heavy atom. The highest BCUT2D eigenvalue weighted by molar-refractivity contribution is 6.43. The lowest BCUT2D eigenvalue weighted by atomic mass is 10.3. The zero-order valence-electron chi connectivity index (χ0n) is 8.55. The summed E-state index contributed by atoms with van der Waals surface area (Å²) in [5, 5.41) is 3.83. The van der Waals surface area contributed by atoms with Crippen LogP contribution in [0.15, 0.2) is 18.2 Å². The van der Waals surface area contributed by atoms with E-state index >= 15 is 0 Å². The Balaban J connectivity index is 2.66. The molecule has 0 saturated carbocycles. The summed E-state index contributed by atoms with van der Waals surface area (Å²) in [6.07, 6.45) is 0. The fraction of sp³-hybridized carbons (Fsp3) is 0.300. The number of anilines is 1. The Hall–Kier alpha value is -0.930. The van der Waals surface area contributed by atoms with Crippen LogP contribution in [-0.4, -0.2) is 31.4 Å². The number of likely N-dealkylation sites (N-methyl/N-ethyl adjacent to an activating group) is 1. The molecule has 5 heteroatoms. The molecule has 15 heavy (non-hydrogen) atoms. The Morgan fingerprint density at radius 2 is 2.07 bits per heavy atom. The highest BCUT2D eigenvalue weighted by Gasteiger charge is 2.07. The van der Waals surface area contributed by atoms with E-state index in [1.807, 2.05) is 0 Å². The SMILES string of the molecule is CN(C)C(=O)CNc1cccc(Cl)c1Cl. The van der Waals surface area contributed by atoms with E-state index in [9.17, 15) is 4.79 Å². The highest BCUT2D eigenvalue weighted by Crippen LogP contribution is 2.29. The van der Waals surface area contributed by atoms with Crippen molar-refractivity contribution < 1.29 is 4.79 Å². The molecule has 1 amide bonds. The zero-order valence-corrected chi connectivity index (χ0v) is 10.1. The van der Waals surface area contributed by atoms with Crippen LogP contribution in [0.25, 0.3) is 0 Å². The predicted molar refractivity (Wildman–Crippen MR) is 63.6 cm³/mol.